The Hall–Kier alpha value is -2.20. The molecule has 6 N–H and O–H groups in total. The summed E-state index contributed by atoms with van der Waals surface area (Å²) in [5.74, 6) is -2.89. The number of carboxylic acids is 1. The van der Waals surface area contributed by atoms with Gasteiger partial charge in [-0.2, -0.15) is 0 Å². The van der Waals surface area contributed by atoms with Crippen molar-refractivity contribution in [1.29, 1.82) is 0 Å². The summed E-state index contributed by atoms with van der Waals surface area (Å²) in [6.07, 6.45) is 1.30. The summed E-state index contributed by atoms with van der Waals surface area (Å²) in [5.41, 5.74) is 5.51. The summed E-state index contributed by atoms with van der Waals surface area (Å²) >= 11 is 0. The number of rotatable bonds is 10. The third kappa shape index (κ3) is 6.97. The third-order valence-corrected chi connectivity index (χ3v) is 4.92. The van der Waals surface area contributed by atoms with Crippen LogP contribution in [0.4, 0.5) is 0 Å². The van der Waals surface area contributed by atoms with Crippen LogP contribution in [0.5, 0.6) is 0 Å². The smallest absolute Gasteiger partial charge is 0.326 e. The number of likely N-dealkylation sites (tertiary alicyclic amines) is 1. The Morgan fingerprint density at radius 1 is 1.14 bits per heavy atom. The Balaban J connectivity index is 2.91. The normalized spacial score (nSPS) is 19.7. The number of carbonyl (C=O) groups excluding carboxylic acids is 3. The van der Waals surface area contributed by atoms with Crippen LogP contribution in [0, 0.1) is 11.8 Å². The van der Waals surface area contributed by atoms with Gasteiger partial charge in [-0.3, -0.25) is 14.4 Å². The first-order valence-electron chi connectivity index (χ1n) is 10.00. The van der Waals surface area contributed by atoms with Gasteiger partial charge >= 0.3 is 5.97 Å². The number of nitrogens with one attached hydrogen (secondary N) is 2. The Kier molecular flexibility index (Phi) is 9.51. The number of carbonyl (C=O) groups is 4. The van der Waals surface area contributed by atoms with Crippen LogP contribution in [-0.4, -0.2) is 76.1 Å². The number of amides is 3. The molecule has 1 rings (SSSR count). The van der Waals surface area contributed by atoms with Crippen LogP contribution in [0.1, 0.15) is 47.0 Å². The van der Waals surface area contributed by atoms with E-state index in [1.54, 1.807) is 13.8 Å². The first-order valence-corrected chi connectivity index (χ1v) is 10.00. The quantitative estimate of drug-likeness (QED) is 0.308. The average molecular weight is 415 g/mol. The highest BCUT2D eigenvalue weighted by Gasteiger charge is 2.40. The van der Waals surface area contributed by atoms with Crippen LogP contribution in [0.3, 0.4) is 0 Å². The molecule has 10 heteroatoms. The molecule has 29 heavy (non-hydrogen) atoms. The van der Waals surface area contributed by atoms with E-state index in [1.807, 2.05) is 13.8 Å². The Labute approximate surface area is 171 Å². The number of aliphatic hydroxyl groups is 1. The molecule has 0 saturated carbocycles. The molecule has 0 radical (unpaired) electrons. The van der Waals surface area contributed by atoms with Crippen LogP contribution in [0.25, 0.3) is 0 Å². The number of nitrogens with zero attached hydrogens (tertiary/aromatic N) is 1. The fourth-order valence-electron chi connectivity index (χ4n) is 3.30. The molecule has 1 heterocycles. The van der Waals surface area contributed by atoms with E-state index in [2.05, 4.69) is 10.6 Å². The minimum absolute atomic E-state index is 0.0778. The molecule has 4 unspecified atom stereocenters. The molecule has 1 fully saturated rings. The zero-order valence-corrected chi connectivity index (χ0v) is 17.6. The molecule has 10 nitrogen and oxygen atoms in total. The molecule has 1 aliphatic heterocycles. The molecule has 0 aromatic carbocycles. The maximum absolute atomic E-state index is 13.1. The van der Waals surface area contributed by atoms with E-state index in [0.717, 1.165) is 0 Å². The molecule has 0 bridgehead atoms. The van der Waals surface area contributed by atoms with Crippen LogP contribution < -0.4 is 16.4 Å². The van der Waals surface area contributed by atoms with Gasteiger partial charge < -0.3 is 31.5 Å². The van der Waals surface area contributed by atoms with Gasteiger partial charge in [0, 0.05) is 6.54 Å². The van der Waals surface area contributed by atoms with Crippen molar-refractivity contribution in [1.82, 2.24) is 15.5 Å². The lowest BCUT2D eigenvalue weighted by Crippen LogP contribution is -2.58. The summed E-state index contributed by atoms with van der Waals surface area (Å²) in [5, 5.41) is 23.5. The molecule has 0 aromatic rings. The minimum atomic E-state index is -1.14. The third-order valence-electron chi connectivity index (χ3n) is 4.92. The first-order chi connectivity index (χ1) is 13.5. The van der Waals surface area contributed by atoms with Crippen molar-refractivity contribution in [2.45, 2.75) is 71.1 Å². The van der Waals surface area contributed by atoms with Gasteiger partial charge in [0.15, 0.2) is 0 Å². The Morgan fingerprint density at radius 2 is 1.76 bits per heavy atom. The van der Waals surface area contributed by atoms with Crippen LogP contribution in [0.15, 0.2) is 0 Å². The minimum Gasteiger partial charge on any atom is -0.480 e. The van der Waals surface area contributed by atoms with Gasteiger partial charge in [0.25, 0.3) is 0 Å². The lowest BCUT2D eigenvalue weighted by Gasteiger charge is -2.31. The van der Waals surface area contributed by atoms with Crippen molar-refractivity contribution in [2.75, 3.05) is 13.2 Å². The molecule has 3 amide bonds. The van der Waals surface area contributed by atoms with E-state index in [-0.39, 0.29) is 18.3 Å². The molecule has 1 saturated heterocycles. The zero-order chi connectivity index (χ0) is 22.3. The van der Waals surface area contributed by atoms with Crippen molar-refractivity contribution in [3.05, 3.63) is 0 Å². The standard InChI is InChI=1S/C19H34N4O6/c1-10(2)8-13(19(28)29)21-17(26)14-6-5-7-23(14)18(27)15(11(3)4)22-16(25)12(20)9-24/h10-15,24H,5-9,20H2,1-4H3,(H,21,26)(H,22,25)(H,28,29). The van der Waals surface area contributed by atoms with E-state index >= 15 is 0 Å². The number of carboxylic acid groups (broad SMARTS) is 1. The van der Waals surface area contributed by atoms with Crippen molar-refractivity contribution in [3.63, 3.8) is 0 Å². The molecular formula is C19H34N4O6. The number of aliphatic hydroxyl groups excluding tert-OH is 1. The number of hydrogen-bond acceptors (Lipinski definition) is 6. The number of hydrogen-bond donors (Lipinski definition) is 5. The van der Waals surface area contributed by atoms with E-state index in [0.29, 0.717) is 19.4 Å². The van der Waals surface area contributed by atoms with Crippen LogP contribution >= 0.6 is 0 Å². The highest BCUT2D eigenvalue weighted by Crippen LogP contribution is 2.21. The SMILES string of the molecule is CC(C)CC(NC(=O)C1CCCN1C(=O)C(NC(=O)C(N)CO)C(C)C)C(=O)O. The highest BCUT2D eigenvalue weighted by atomic mass is 16.4. The molecule has 0 spiro atoms. The Morgan fingerprint density at radius 3 is 2.24 bits per heavy atom. The second-order valence-corrected chi connectivity index (χ2v) is 8.24. The van der Waals surface area contributed by atoms with E-state index in [4.69, 9.17) is 10.8 Å². The van der Waals surface area contributed by atoms with Crippen molar-refractivity contribution in [3.8, 4) is 0 Å². The van der Waals surface area contributed by atoms with Crippen molar-refractivity contribution < 1.29 is 29.4 Å². The maximum Gasteiger partial charge on any atom is 0.326 e. The lowest BCUT2D eigenvalue weighted by molar-refractivity contribution is -0.145. The van der Waals surface area contributed by atoms with Gasteiger partial charge in [-0.25, -0.2) is 4.79 Å². The van der Waals surface area contributed by atoms with Gasteiger partial charge in [-0.05, 0) is 31.1 Å². The summed E-state index contributed by atoms with van der Waals surface area (Å²) in [6.45, 7) is 7.01. The highest BCUT2D eigenvalue weighted by molar-refractivity contribution is 5.94. The monoisotopic (exact) mass is 414 g/mol. The van der Waals surface area contributed by atoms with E-state index in [9.17, 15) is 24.3 Å². The molecule has 4 atom stereocenters. The van der Waals surface area contributed by atoms with Crippen molar-refractivity contribution in [2.24, 2.45) is 17.6 Å². The largest absolute Gasteiger partial charge is 0.480 e. The van der Waals surface area contributed by atoms with Gasteiger partial charge in [0.2, 0.25) is 17.7 Å². The zero-order valence-electron chi connectivity index (χ0n) is 17.6. The molecule has 166 valence electrons. The maximum atomic E-state index is 13.1. The molecule has 1 aliphatic rings. The summed E-state index contributed by atoms with van der Waals surface area (Å²) in [4.78, 5) is 50.6. The predicted molar refractivity (Wildman–Crippen MR) is 106 cm³/mol. The number of aliphatic carboxylic acids is 1. The van der Waals surface area contributed by atoms with Crippen molar-refractivity contribution >= 4 is 23.7 Å². The van der Waals surface area contributed by atoms with Crippen LogP contribution in [-0.2, 0) is 19.2 Å². The second-order valence-electron chi connectivity index (χ2n) is 8.24. The fourth-order valence-corrected chi connectivity index (χ4v) is 3.30. The summed E-state index contributed by atoms with van der Waals surface area (Å²) < 4.78 is 0. The van der Waals surface area contributed by atoms with Crippen LogP contribution in [0.2, 0.25) is 0 Å². The van der Waals surface area contributed by atoms with E-state index in [1.165, 1.54) is 4.90 Å². The van der Waals surface area contributed by atoms with Gasteiger partial charge in [0.05, 0.1) is 6.61 Å². The fraction of sp³-hybridized carbons (Fsp3) is 0.789. The van der Waals surface area contributed by atoms with Gasteiger partial charge in [0.1, 0.15) is 24.2 Å². The number of nitrogens with two attached hydrogens (primary N) is 1. The van der Waals surface area contributed by atoms with Gasteiger partial charge in [-0.1, -0.05) is 27.7 Å². The molecule has 0 aromatic heterocycles. The molecule has 0 aliphatic carbocycles. The average Bonchev–Trinajstić information content (AvgIpc) is 3.13. The lowest BCUT2D eigenvalue weighted by atomic mass is 10.0. The van der Waals surface area contributed by atoms with Gasteiger partial charge in [-0.15, -0.1) is 0 Å². The molecular weight excluding hydrogens is 380 g/mol. The van der Waals surface area contributed by atoms with E-state index < -0.39 is 54.5 Å². The summed E-state index contributed by atoms with van der Waals surface area (Å²) in [6, 6.07) is -3.86. The first kappa shape index (κ1) is 24.8. The topological polar surface area (TPSA) is 162 Å². The summed E-state index contributed by atoms with van der Waals surface area (Å²) in [7, 11) is 0. The second kappa shape index (κ2) is 11.1. The predicted octanol–water partition coefficient (Wildman–Crippen LogP) is -0.947. The Bertz CT molecular complexity index is 610.